The summed E-state index contributed by atoms with van der Waals surface area (Å²) in [5.74, 6) is 0. The number of aliphatic hydroxyl groups is 2. The highest BCUT2D eigenvalue weighted by Crippen LogP contribution is 2.30. The number of rotatable bonds is 3. The van der Waals surface area contributed by atoms with Crippen LogP contribution in [0.3, 0.4) is 0 Å². The first-order chi connectivity index (χ1) is 7.31. The van der Waals surface area contributed by atoms with Crippen LogP contribution in [-0.2, 0) is 4.74 Å². The highest BCUT2D eigenvalue weighted by atomic mass is 16.5. The predicted octanol–water partition coefficient (Wildman–Crippen LogP) is 0.233. The maximum atomic E-state index is 11.1. The minimum Gasteiger partial charge on any atom is -0.465 e. The zero-order valence-electron chi connectivity index (χ0n) is 9.75. The standard InChI is InChI=1S/C10H19NO5/c1-4-7(12)8(13)6-5-16-10(2,3)11(6)9(14)15/h6-8,12-13H,4-5H2,1-3H3,(H,14,15). The number of carboxylic acid groups (broad SMARTS) is 1. The van der Waals surface area contributed by atoms with Gasteiger partial charge in [-0.25, -0.2) is 4.79 Å². The summed E-state index contributed by atoms with van der Waals surface area (Å²) in [6.07, 6.45) is -2.85. The summed E-state index contributed by atoms with van der Waals surface area (Å²) in [5, 5.41) is 28.4. The van der Waals surface area contributed by atoms with E-state index in [0.29, 0.717) is 6.42 Å². The van der Waals surface area contributed by atoms with Crippen LogP contribution in [0.25, 0.3) is 0 Å². The molecule has 1 aliphatic rings. The summed E-state index contributed by atoms with van der Waals surface area (Å²) < 4.78 is 5.32. The molecule has 16 heavy (non-hydrogen) atoms. The Balaban J connectivity index is 2.85. The van der Waals surface area contributed by atoms with E-state index in [1.54, 1.807) is 20.8 Å². The molecule has 0 aliphatic carbocycles. The molecule has 0 radical (unpaired) electrons. The predicted molar refractivity (Wildman–Crippen MR) is 56.0 cm³/mol. The SMILES string of the molecule is CCC(O)C(O)C1COC(C)(C)N1C(=O)O. The van der Waals surface area contributed by atoms with Crippen molar-refractivity contribution in [2.24, 2.45) is 0 Å². The van der Waals surface area contributed by atoms with Gasteiger partial charge in [-0.3, -0.25) is 4.90 Å². The smallest absolute Gasteiger partial charge is 0.410 e. The highest BCUT2D eigenvalue weighted by Gasteiger charge is 2.48. The van der Waals surface area contributed by atoms with Crippen molar-refractivity contribution in [1.82, 2.24) is 4.90 Å². The lowest BCUT2D eigenvalue weighted by Crippen LogP contribution is -2.53. The molecule has 3 unspecified atom stereocenters. The van der Waals surface area contributed by atoms with Crippen molar-refractivity contribution in [3.8, 4) is 0 Å². The molecule has 0 aromatic rings. The van der Waals surface area contributed by atoms with Crippen LogP contribution < -0.4 is 0 Å². The second-order valence-corrected chi connectivity index (χ2v) is 4.44. The maximum absolute atomic E-state index is 11.1. The van der Waals surface area contributed by atoms with Gasteiger partial charge in [-0.2, -0.15) is 0 Å². The number of nitrogens with zero attached hydrogens (tertiary/aromatic N) is 1. The normalized spacial score (nSPS) is 27.8. The summed E-state index contributed by atoms with van der Waals surface area (Å²) in [7, 11) is 0. The van der Waals surface area contributed by atoms with Crippen LogP contribution >= 0.6 is 0 Å². The number of hydrogen-bond donors (Lipinski definition) is 3. The number of ether oxygens (including phenoxy) is 1. The summed E-state index contributed by atoms with van der Waals surface area (Å²) in [4.78, 5) is 12.1. The first-order valence-electron chi connectivity index (χ1n) is 5.33. The fraction of sp³-hybridized carbons (Fsp3) is 0.900. The Hall–Kier alpha value is -0.850. The molecule has 3 atom stereocenters. The molecule has 0 spiro atoms. The molecule has 0 aromatic carbocycles. The van der Waals surface area contributed by atoms with Crippen LogP contribution in [0.5, 0.6) is 0 Å². The average Bonchev–Trinajstić information content (AvgIpc) is 2.51. The van der Waals surface area contributed by atoms with Gasteiger partial charge in [0.05, 0.1) is 18.8 Å². The van der Waals surface area contributed by atoms with Crippen molar-refractivity contribution >= 4 is 6.09 Å². The molecular formula is C10H19NO5. The van der Waals surface area contributed by atoms with E-state index in [2.05, 4.69) is 0 Å². The monoisotopic (exact) mass is 233 g/mol. The van der Waals surface area contributed by atoms with Gasteiger partial charge in [-0.1, -0.05) is 6.92 Å². The van der Waals surface area contributed by atoms with Crippen LogP contribution in [0.4, 0.5) is 4.79 Å². The Morgan fingerprint density at radius 1 is 1.56 bits per heavy atom. The molecule has 1 fully saturated rings. The largest absolute Gasteiger partial charge is 0.465 e. The first-order valence-corrected chi connectivity index (χ1v) is 5.33. The molecule has 1 amide bonds. The van der Waals surface area contributed by atoms with Crippen LogP contribution in [0.15, 0.2) is 0 Å². The Labute approximate surface area is 94.4 Å². The molecule has 0 aromatic heterocycles. The zero-order valence-corrected chi connectivity index (χ0v) is 9.75. The quantitative estimate of drug-likeness (QED) is 0.649. The third kappa shape index (κ3) is 2.28. The minimum absolute atomic E-state index is 0.0948. The van der Waals surface area contributed by atoms with Crippen LogP contribution in [-0.4, -0.2) is 56.9 Å². The van der Waals surface area contributed by atoms with Gasteiger partial charge in [0.1, 0.15) is 11.8 Å². The molecular weight excluding hydrogens is 214 g/mol. The fourth-order valence-electron chi connectivity index (χ4n) is 1.95. The molecule has 1 aliphatic heterocycles. The Kier molecular flexibility index (Phi) is 3.77. The van der Waals surface area contributed by atoms with Gasteiger partial charge in [-0.05, 0) is 20.3 Å². The first kappa shape index (κ1) is 13.2. The van der Waals surface area contributed by atoms with Gasteiger partial charge in [0, 0.05) is 0 Å². The number of amides is 1. The van der Waals surface area contributed by atoms with E-state index in [9.17, 15) is 15.0 Å². The average molecular weight is 233 g/mol. The topological polar surface area (TPSA) is 90.2 Å². The number of hydrogen-bond acceptors (Lipinski definition) is 4. The summed E-state index contributed by atoms with van der Waals surface area (Å²) in [5.41, 5.74) is -0.967. The van der Waals surface area contributed by atoms with E-state index in [0.717, 1.165) is 4.90 Å². The van der Waals surface area contributed by atoms with Crippen LogP contribution in [0.2, 0.25) is 0 Å². The van der Waals surface area contributed by atoms with E-state index in [4.69, 9.17) is 9.84 Å². The third-order valence-electron chi connectivity index (χ3n) is 2.93. The van der Waals surface area contributed by atoms with Crippen molar-refractivity contribution in [3.63, 3.8) is 0 Å². The summed E-state index contributed by atoms with van der Waals surface area (Å²) >= 11 is 0. The van der Waals surface area contributed by atoms with E-state index in [1.165, 1.54) is 0 Å². The molecule has 1 saturated heterocycles. The maximum Gasteiger partial charge on any atom is 0.410 e. The number of carbonyl (C=O) groups is 1. The van der Waals surface area contributed by atoms with E-state index >= 15 is 0 Å². The van der Waals surface area contributed by atoms with Crippen molar-refractivity contribution in [3.05, 3.63) is 0 Å². The lowest BCUT2D eigenvalue weighted by molar-refractivity contribution is -0.0578. The lowest BCUT2D eigenvalue weighted by Gasteiger charge is -2.34. The van der Waals surface area contributed by atoms with Crippen molar-refractivity contribution in [2.75, 3.05) is 6.61 Å². The van der Waals surface area contributed by atoms with Gasteiger partial charge < -0.3 is 20.1 Å². The third-order valence-corrected chi connectivity index (χ3v) is 2.93. The fourth-order valence-corrected chi connectivity index (χ4v) is 1.95. The Morgan fingerprint density at radius 2 is 2.12 bits per heavy atom. The number of aliphatic hydroxyl groups excluding tert-OH is 2. The lowest BCUT2D eigenvalue weighted by atomic mass is 10.0. The molecule has 0 saturated carbocycles. The van der Waals surface area contributed by atoms with Gasteiger partial charge >= 0.3 is 6.09 Å². The second kappa shape index (κ2) is 4.57. The summed E-state index contributed by atoms with van der Waals surface area (Å²) in [6, 6.07) is -0.720. The molecule has 6 heteroatoms. The Bertz CT molecular complexity index is 268. The van der Waals surface area contributed by atoms with E-state index in [1.807, 2.05) is 0 Å². The molecule has 1 heterocycles. The second-order valence-electron chi connectivity index (χ2n) is 4.44. The van der Waals surface area contributed by atoms with Gasteiger partial charge in [0.15, 0.2) is 0 Å². The van der Waals surface area contributed by atoms with E-state index in [-0.39, 0.29) is 6.61 Å². The van der Waals surface area contributed by atoms with Crippen molar-refractivity contribution < 1.29 is 24.9 Å². The molecule has 3 N–H and O–H groups in total. The molecule has 94 valence electrons. The van der Waals surface area contributed by atoms with Gasteiger partial charge in [0.2, 0.25) is 0 Å². The van der Waals surface area contributed by atoms with Crippen molar-refractivity contribution in [1.29, 1.82) is 0 Å². The van der Waals surface area contributed by atoms with Gasteiger partial charge in [0.25, 0.3) is 0 Å². The molecule has 1 rings (SSSR count). The molecule has 0 bridgehead atoms. The van der Waals surface area contributed by atoms with Crippen LogP contribution in [0, 0.1) is 0 Å². The molecule has 6 nitrogen and oxygen atoms in total. The van der Waals surface area contributed by atoms with Crippen LogP contribution in [0.1, 0.15) is 27.2 Å². The summed E-state index contributed by atoms with van der Waals surface area (Å²) in [6.45, 7) is 5.05. The Morgan fingerprint density at radius 3 is 2.56 bits per heavy atom. The van der Waals surface area contributed by atoms with Gasteiger partial charge in [-0.15, -0.1) is 0 Å². The van der Waals surface area contributed by atoms with Crippen molar-refractivity contribution in [2.45, 2.75) is 51.2 Å². The highest BCUT2D eigenvalue weighted by molar-refractivity contribution is 5.66. The van der Waals surface area contributed by atoms with E-state index < -0.39 is 30.1 Å². The zero-order chi connectivity index (χ0) is 12.5. The minimum atomic E-state index is -1.16.